The first kappa shape index (κ1) is 21.6. The smallest absolute Gasteiger partial charge is 0.275 e. The van der Waals surface area contributed by atoms with E-state index in [9.17, 15) is 4.79 Å². The number of carbonyl (C=O) groups excluding carboxylic acids is 1. The van der Waals surface area contributed by atoms with Gasteiger partial charge in [-0.25, -0.2) is 5.43 Å². The van der Waals surface area contributed by atoms with Gasteiger partial charge >= 0.3 is 0 Å². The van der Waals surface area contributed by atoms with Gasteiger partial charge in [0.25, 0.3) is 5.91 Å². The lowest BCUT2D eigenvalue weighted by molar-refractivity contribution is 0.0952. The molecular weight excluding hydrogens is 374 g/mol. The summed E-state index contributed by atoms with van der Waals surface area (Å²) < 4.78 is 5.25. The van der Waals surface area contributed by atoms with E-state index in [0.29, 0.717) is 17.4 Å². The summed E-state index contributed by atoms with van der Waals surface area (Å²) in [6, 6.07) is 11.8. The first-order valence-electron chi connectivity index (χ1n) is 10.3. The van der Waals surface area contributed by atoms with E-state index in [2.05, 4.69) is 75.2 Å². The molecule has 2 aromatic carbocycles. The fraction of sp³-hybridized carbons (Fsp3) is 0.360. The van der Waals surface area contributed by atoms with Crippen molar-refractivity contribution in [2.24, 2.45) is 5.10 Å². The predicted molar refractivity (Wildman–Crippen MR) is 125 cm³/mol. The van der Waals surface area contributed by atoms with E-state index in [0.717, 1.165) is 11.1 Å². The quantitative estimate of drug-likeness (QED) is 0.551. The molecular formula is C25H31N3O2. The average molecular weight is 406 g/mol. The summed E-state index contributed by atoms with van der Waals surface area (Å²) in [7, 11) is 1.55. The van der Waals surface area contributed by atoms with Gasteiger partial charge in [-0.3, -0.25) is 4.79 Å². The highest BCUT2D eigenvalue weighted by Gasteiger charge is 2.33. The van der Waals surface area contributed by atoms with Crippen LogP contribution in [0.25, 0.3) is 5.57 Å². The van der Waals surface area contributed by atoms with Crippen LogP contribution in [0.5, 0.6) is 5.75 Å². The number of methoxy groups -OCH3 is 1. The summed E-state index contributed by atoms with van der Waals surface area (Å²) in [5.74, 6) is 0.218. The summed E-state index contributed by atoms with van der Waals surface area (Å²) in [6.45, 7) is 13.2. The molecule has 158 valence electrons. The summed E-state index contributed by atoms with van der Waals surface area (Å²) in [5.41, 5.74) is 8.79. The Morgan fingerprint density at radius 1 is 1.20 bits per heavy atom. The van der Waals surface area contributed by atoms with Crippen molar-refractivity contribution in [3.63, 3.8) is 0 Å². The highest BCUT2D eigenvalue weighted by molar-refractivity contribution is 5.97. The zero-order valence-corrected chi connectivity index (χ0v) is 18.9. The van der Waals surface area contributed by atoms with Crippen LogP contribution in [0.3, 0.4) is 0 Å². The van der Waals surface area contributed by atoms with Gasteiger partial charge in [0, 0.05) is 17.3 Å². The van der Waals surface area contributed by atoms with Gasteiger partial charge < -0.3 is 9.64 Å². The van der Waals surface area contributed by atoms with Gasteiger partial charge in [0.05, 0.1) is 24.4 Å². The number of aryl methyl sites for hydroxylation is 1. The summed E-state index contributed by atoms with van der Waals surface area (Å²) in [4.78, 5) is 14.9. The van der Waals surface area contributed by atoms with Gasteiger partial charge in [-0.1, -0.05) is 18.2 Å². The zero-order chi connectivity index (χ0) is 22.1. The van der Waals surface area contributed by atoms with Crippen LogP contribution < -0.4 is 15.1 Å². The molecule has 0 saturated carbocycles. The number of ether oxygens (including phenoxy) is 1. The standard InChI is InChI=1S/C25H31N3O2/c1-16(2)28-22-12-17(3)19(13-21(22)18(4)14-25(28,5)6)15-26-27-24(29)20-10-8-9-11-23(20)30-7/h8-16H,1-7H3,(H,27,29)/b26-15+. The Kier molecular flexibility index (Phi) is 6.01. The number of allylic oxidation sites excluding steroid dienone is 1. The van der Waals surface area contributed by atoms with Crippen molar-refractivity contribution in [3.8, 4) is 5.75 Å². The van der Waals surface area contributed by atoms with Crippen molar-refractivity contribution in [2.45, 2.75) is 53.1 Å². The zero-order valence-electron chi connectivity index (χ0n) is 18.9. The van der Waals surface area contributed by atoms with Crippen molar-refractivity contribution in [2.75, 3.05) is 12.0 Å². The first-order chi connectivity index (χ1) is 14.2. The number of nitrogens with one attached hydrogen (secondary N) is 1. The van der Waals surface area contributed by atoms with E-state index in [4.69, 9.17) is 4.74 Å². The van der Waals surface area contributed by atoms with E-state index < -0.39 is 0 Å². The second-order valence-electron chi connectivity index (χ2n) is 8.57. The van der Waals surface area contributed by atoms with E-state index in [1.165, 1.54) is 16.8 Å². The Labute approximate surface area is 179 Å². The van der Waals surface area contributed by atoms with Crippen LogP contribution in [0.4, 0.5) is 5.69 Å². The van der Waals surface area contributed by atoms with E-state index >= 15 is 0 Å². The van der Waals surface area contributed by atoms with Crippen LogP contribution in [-0.4, -0.2) is 30.8 Å². The lowest BCUT2D eigenvalue weighted by Crippen LogP contribution is -2.49. The number of fused-ring (bicyclic) bond motifs is 1. The molecule has 1 aliphatic heterocycles. The maximum atomic E-state index is 12.5. The van der Waals surface area contributed by atoms with Crippen LogP contribution in [-0.2, 0) is 0 Å². The fourth-order valence-electron chi connectivity index (χ4n) is 4.35. The normalized spacial score (nSPS) is 15.2. The summed E-state index contributed by atoms with van der Waals surface area (Å²) in [5, 5.41) is 4.20. The van der Waals surface area contributed by atoms with Crippen LogP contribution in [0.2, 0.25) is 0 Å². The van der Waals surface area contributed by atoms with Crippen LogP contribution in [0.1, 0.15) is 61.7 Å². The lowest BCUT2D eigenvalue weighted by atomic mass is 9.86. The monoisotopic (exact) mass is 405 g/mol. The molecule has 3 rings (SSSR count). The topological polar surface area (TPSA) is 53.9 Å². The van der Waals surface area contributed by atoms with E-state index in [1.807, 2.05) is 6.07 Å². The molecule has 2 aromatic rings. The Bertz CT molecular complexity index is 1020. The van der Waals surface area contributed by atoms with E-state index in [-0.39, 0.29) is 11.4 Å². The Morgan fingerprint density at radius 3 is 2.57 bits per heavy atom. The van der Waals surface area contributed by atoms with Gasteiger partial charge in [0.15, 0.2) is 0 Å². The van der Waals surface area contributed by atoms with Gasteiger partial charge in [-0.2, -0.15) is 5.10 Å². The molecule has 0 bridgehead atoms. The Balaban J connectivity index is 1.88. The molecule has 30 heavy (non-hydrogen) atoms. The molecule has 0 unspecified atom stereocenters. The number of rotatable bonds is 5. The average Bonchev–Trinajstić information content (AvgIpc) is 2.67. The molecule has 1 heterocycles. The van der Waals surface area contributed by atoms with Gasteiger partial charge in [-0.15, -0.1) is 0 Å². The maximum absolute atomic E-state index is 12.5. The van der Waals surface area contributed by atoms with Crippen LogP contribution >= 0.6 is 0 Å². The second kappa shape index (κ2) is 8.34. The molecule has 0 atom stereocenters. The fourth-order valence-corrected chi connectivity index (χ4v) is 4.35. The second-order valence-corrected chi connectivity index (χ2v) is 8.57. The molecule has 1 N–H and O–H groups in total. The third-order valence-electron chi connectivity index (χ3n) is 5.50. The molecule has 0 spiro atoms. The van der Waals surface area contributed by atoms with Gasteiger partial charge in [-0.05, 0) is 82.5 Å². The molecule has 0 fully saturated rings. The van der Waals surface area contributed by atoms with Crippen molar-refractivity contribution in [1.29, 1.82) is 0 Å². The predicted octanol–water partition coefficient (Wildman–Crippen LogP) is 5.18. The highest BCUT2D eigenvalue weighted by Crippen LogP contribution is 2.41. The molecule has 1 aliphatic rings. The van der Waals surface area contributed by atoms with Gasteiger partial charge in [0.1, 0.15) is 5.75 Å². The Morgan fingerprint density at radius 2 is 1.90 bits per heavy atom. The number of amides is 1. The number of anilines is 1. The molecule has 5 heteroatoms. The molecule has 0 saturated heterocycles. The molecule has 0 aromatic heterocycles. The van der Waals surface area contributed by atoms with Crippen molar-refractivity contribution in [3.05, 3.63) is 64.7 Å². The minimum absolute atomic E-state index is 0.0456. The number of hydrogen-bond donors (Lipinski definition) is 1. The van der Waals surface area contributed by atoms with Gasteiger partial charge in [0.2, 0.25) is 0 Å². The lowest BCUT2D eigenvalue weighted by Gasteiger charge is -2.46. The third kappa shape index (κ3) is 4.11. The Hall–Kier alpha value is -3.08. The molecule has 1 amide bonds. The number of hydrazone groups is 1. The SMILES string of the molecule is COc1ccccc1C(=O)N/N=C/c1cc2c(cc1C)N(C(C)C)C(C)(C)C=C2C. The number of nitrogens with zero attached hydrogens (tertiary/aromatic N) is 2. The summed E-state index contributed by atoms with van der Waals surface area (Å²) in [6.07, 6.45) is 4.02. The van der Waals surface area contributed by atoms with Crippen molar-refractivity contribution < 1.29 is 9.53 Å². The highest BCUT2D eigenvalue weighted by atomic mass is 16.5. The molecule has 0 radical (unpaired) electrons. The van der Waals surface area contributed by atoms with Crippen LogP contribution in [0.15, 0.2) is 47.6 Å². The summed E-state index contributed by atoms with van der Waals surface area (Å²) >= 11 is 0. The number of benzene rings is 2. The number of hydrogen-bond acceptors (Lipinski definition) is 4. The first-order valence-corrected chi connectivity index (χ1v) is 10.3. The molecule has 5 nitrogen and oxygen atoms in total. The van der Waals surface area contributed by atoms with E-state index in [1.54, 1.807) is 31.5 Å². The third-order valence-corrected chi connectivity index (χ3v) is 5.50. The minimum Gasteiger partial charge on any atom is -0.496 e. The molecule has 0 aliphatic carbocycles. The van der Waals surface area contributed by atoms with Crippen molar-refractivity contribution in [1.82, 2.24) is 5.43 Å². The number of para-hydroxylation sites is 1. The van der Waals surface area contributed by atoms with Crippen LogP contribution in [0, 0.1) is 6.92 Å². The maximum Gasteiger partial charge on any atom is 0.275 e. The van der Waals surface area contributed by atoms with Crippen molar-refractivity contribution >= 4 is 23.4 Å². The largest absolute Gasteiger partial charge is 0.496 e. The number of carbonyl (C=O) groups is 1. The minimum atomic E-state index is -0.303.